The van der Waals surface area contributed by atoms with Gasteiger partial charge in [0.25, 0.3) is 0 Å². The second-order valence-electron chi connectivity index (χ2n) is 2.75. The zero-order valence-electron chi connectivity index (χ0n) is 7.21. The third-order valence-corrected chi connectivity index (χ3v) is 2.59. The van der Waals surface area contributed by atoms with Crippen LogP contribution in [0.2, 0.25) is 0 Å². The molecule has 2 N–H and O–H groups in total. The van der Waals surface area contributed by atoms with Gasteiger partial charge in [0, 0.05) is 4.47 Å². The Hall–Kier alpha value is -0.870. The van der Waals surface area contributed by atoms with E-state index in [-0.39, 0.29) is 6.42 Å². The molecule has 0 aliphatic carbocycles. The molecule has 0 fully saturated rings. The summed E-state index contributed by atoms with van der Waals surface area (Å²) in [4.78, 5) is 14.9. The first kappa shape index (κ1) is 10.2. The van der Waals surface area contributed by atoms with Crippen LogP contribution in [0.15, 0.2) is 22.7 Å². The number of carbonyl (C=O) groups is 1. The molecular weight excluding hydrogens is 234 g/mol. The van der Waals surface area contributed by atoms with Gasteiger partial charge >= 0.3 is 5.97 Å². The van der Waals surface area contributed by atoms with Crippen LogP contribution in [0.25, 0.3) is 0 Å². The lowest BCUT2D eigenvalue weighted by atomic mass is 10.1. The van der Waals surface area contributed by atoms with E-state index in [1.807, 2.05) is 25.1 Å². The molecule has 4 heteroatoms. The molecule has 0 saturated heterocycles. The number of halogens is 1. The van der Waals surface area contributed by atoms with Crippen molar-refractivity contribution in [2.45, 2.75) is 13.3 Å². The third kappa shape index (κ3) is 2.82. The summed E-state index contributed by atoms with van der Waals surface area (Å²) in [7, 11) is 0. The van der Waals surface area contributed by atoms with Crippen LogP contribution in [0.3, 0.4) is 0 Å². The number of hydrogen-bond donors (Lipinski definition) is 1. The molecule has 0 aromatic heterocycles. The molecule has 13 heavy (non-hydrogen) atoms. The maximum Gasteiger partial charge on any atom is 0.328 e. The van der Waals surface area contributed by atoms with E-state index in [0.29, 0.717) is 0 Å². The standard InChI is InChI=1S/C9H10BrNO2/c1-6-4-7(2-3-8(6)10)5-9(12)13-11/h2-4H,5,11H2,1H3. The summed E-state index contributed by atoms with van der Waals surface area (Å²) in [6, 6.07) is 5.67. The van der Waals surface area contributed by atoms with Crippen molar-refractivity contribution in [2.75, 3.05) is 0 Å². The first-order valence-electron chi connectivity index (χ1n) is 3.78. The molecule has 0 bridgehead atoms. The Kier molecular flexibility index (Phi) is 3.45. The van der Waals surface area contributed by atoms with E-state index >= 15 is 0 Å². The minimum absolute atomic E-state index is 0.213. The first-order chi connectivity index (χ1) is 6.13. The highest BCUT2D eigenvalue weighted by Crippen LogP contribution is 2.17. The van der Waals surface area contributed by atoms with E-state index in [4.69, 9.17) is 5.90 Å². The molecule has 0 saturated carbocycles. The molecule has 0 aliphatic heterocycles. The van der Waals surface area contributed by atoms with Gasteiger partial charge in [0.2, 0.25) is 0 Å². The number of nitrogens with two attached hydrogens (primary N) is 1. The Labute approximate surface area is 85.0 Å². The van der Waals surface area contributed by atoms with Crippen molar-refractivity contribution in [1.82, 2.24) is 0 Å². The van der Waals surface area contributed by atoms with E-state index in [0.717, 1.165) is 15.6 Å². The van der Waals surface area contributed by atoms with Crippen molar-refractivity contribution < 1.29 is 9.63 Å². The van der Waals surface area contributed by atoms with Crippen molar-refractivity contribution in [3.8, 4) is 0 Å². The monoisotopic (exact) mass is 243 g/mol. The number of benzene rings is 1. The van der Waals surface area contributed by atoms with E-state index in [1.54, 1.807) is 0 Å². The average molecular weight is 244 g/mol. The molecule has 0 heterocycles. The maximum absolute atomic E-state index is 10.8. The molecule has 0 radical (unpaired) electrons. The summed E-state index contributed by atoms with van der Waals surface area (Å²) in [6.45, 7) is 1.96. The molecule has 1 aromatic carbocycles. The van der Waals surface area contributed by atoms with Crippen LogP contribution in [-0.2, 0) is 16.1 Å². The van der Waals surface area contributed by atoms with Crippen molar-refractivity contribution in [2.24, 2.45) is 5.90 Å². The van der Waals surface area contributed by atoms with Crippen molar-refractivity contribution >= 4 is 21.9 Å². The number of aryl methyl sites for hydroxylation is 1. The summed E-state index contributed by atoms with van der Waals surface area (Å²) in [5.41, 5.74) is 1.98. The Morgan fingerprint density at radius 1 is 1.62 bits per heavy atom. The Morgan fingerprint density at radius 3 is 2.85 bits per heavy atom. The van der Waals surface area contributed by atoms with Crippen LogP contribution in [0.1, 0.15) is 11.1 Å². The molecule has 0 spiro atoms. The van der Waals surface area contributed by atoms with Gasteiger partial charge in [0.05, 0.1) is 6.42 Å². The highest BCUT2D eigenvalue weighted by Gasteiger charge is 2.04. The fourth-order valence-electron chi connectivity index (χ4n) is 1.03. The minimum atomic E-state index is -0.429. The molecule has 1 rings (SSSR count). The smallest absolute Gasteiger partial charge is 0.328 e. The lowest BCUT2D eigenvalue weighted by Gasteiger charge is -2.02. The van der Waals surface area contributed by atoms with Gasteiger partial charge < -0.3 is 4.84 Å². The van der Waals surface area contributed by atoms with Crippen LogP contribution in [-0.4, -0.2) is 5.97 Å². The molecule has 70 valence electrons. The normalized spacial score (nSPS) is 9.77. The fourth-order valence-corrected chi connectivity index (χ4v) is 1.27. The van der Waals surface area contributed by atoms with Gasteiger partial charge in [-0.05, 0) is 24.1 Å². The second kappa shape index (κ2) is 4.39. The molecule has 1 aromatic rings. The third-order valence-electron chi connectivity index (χ3n) is 1.70. The molecule has 3 nitrogen and oxygen atoms in total. The van der Waals surface area contributed by atoms with E-state index < -0.39 is 5.97 Å². The molecular formula is C9H10BrNO2. The van der Waals surface area contributed by atoms with Crippen LogP contribution >= 0.6 is 15.9 Å². The van der Waals surface area contributed by atoms with Gasteiger partial charge in [-0.15, -0.1) is 0 Å². The lowest BCUT2D eigenvalue weighted by Crippen LogP contribution is -2.12. The zero-order chi connectivity index (χ0) is 9.84. The van der Waals surface area contributed by atoms with Gasteiger partial charge in [0.1, 0.15) is 0 Å². The summed E-state index contributed by atoms with van der Waals surface area (Å²) in [5, 5.41) is 0. The molecule has 0 aliphatic rings. The van der Waals surface area contributed by atoms with Crippen molar-refractivity contribution in [3.63, 3.8) is 0 Å². The van der Waals surface area contributed by atoms with E-state index in [1.165, 1.54) is 0 Å². The lowest BCUT2D eigenvalue weighted by molar-refractivity contribution is -0.143. The Bertz CT molecular complexity index is 325. The van der Waals surface area contributed by atoms with Crippen LogP contribution in [0.4, 0.5) is 0 Å². The summed E-state index contributed by atoms with van der Waals surface area (Å²) in [5.74, 6) is 4.30. The largest absolute Gasteiger partial charge is 0.373 e. The van der Waals surface area contributed by atoms with Gasteiger partial charge in [-0.3, -0.25) is 4.79 Å². The topological polar surface area (TPSA) is 52.3 Å². The SMILES string of the molecule is Cc1cc(CC(=O)ON)ccc1Br. The minimum Gasteiger partial charge on any atom is -0.373 e. The van der Waals surface area contributed by atoms with Gasteiger partial charge in [-0.2, -0.15) is 5.90 Å². The van der Waals surface area contributed by atoms with Crippen molar-refractivity contribution in [1.29, 1.82) is 0 Å². The van der Waals surface area contributed by atoms with Crippen LogP contribution in [0.5, 0.6) is 0 Å². The number of hydrogen-bond acceptors (Lipinski definition) is 3. The van der Waals surface area contributed by atoms with Crippen molar-refractivity contribution in [3.05, 3.63) is 33.8 Å². The number of rotatable bonds is 2. The molecule has 0 unspecified atom stereocenters. The quantitative estimate of drug-likeness (QED) is 0.806. The summed E-state index contributed by atoms with van der Waals surface area (Å²) in [6.07, 6.45) is 0.213. The van der Waals surface area contributed by atoms with E-state index in [9.17, 15) is 4.79 Å². The predicted molar refractivity (Wildman–Crippen MR) is 52.9 cm³/mol. The van der Waals surface area contributed by atoms with Gasteiger partial charge in [-0.1, -0.05) is 28.1 Å². The predicted octanol–water partition coefficient (Wildman–Crippen LogP) is 1.72. The highest BCUT2D eigenvalue weighted by molar-refractivity contribution is 9.10. The van der Waals surface area contributed by atoms with Crippen LogP contribution < -0.4 is 5.90 Å². The maximum atomic E-state index is 10.8. The summed E-state index contributed by atoms with van der Waals surface area (Å²) < 4.78 is 1.03. The first-order valence-corrected chi connectivity index (χ1v) is 4.57. The number of carbonyl (C=O) groups excluding carboxylic acids is 1. The van der Waals surface area contributed by atoms with Gasteiger partial charge in [0.15, 0.2) is 0 Å². The van der Waals surface area contributed by atoms with Gasteiger partial charge in [-0.25, -0.2) is 0 Å². The highest BCUT2D eigenvalue weighted by atomic mass is 79.9. The fraction of sp³-hybridized carbons (Fsp3) is 0.222. The molecule has 0 amide bonds. The summed E-state index contributed by atoms with van der Waals surface area (Å²) >= 11 is 3.37. The van der Waals surface area contributed by atoms with Crippen LogP contribution in [0, 0.1) is 6.92 Å². The zero-order valence-corrected chi connectivity index (χ0v) is 8.80. The van der Waals surface area contributed by atoms with E-state index in [2.05, 4.69) is 20.8 Å². The Morgan fingerprint density at radius 2 is 2.31 bits per heavy atom. The molecule has 0 atom stereocenters. The average Bonchev–Trinajstić information content (AvgIpc) is 2.11. The second-order valence-corrected chi connectivity index (χ2v) is 3.60. The Balaban J connectivity index is 2.79.